The van der Waals surface area contributed by atoms with Gasteiger partial charge < -0.3 is 9.47 Å². The minimum atomic E-state index is -0.373. The number of anilines is 1. The molecule has 4 aromatic rings. The summed E-state index contributed by atoms with van der Waals surface area (Å²) in [5, 5.41) is 1.13. The maximum atomic E-state index is 12.7. The summed E-state index contributed by atoms with van der Waals surface area (Å²) in [6.07, 6.45) is 0. The van der Waals surface area contributed by atoms with Gasteiger partial charge in [0.05, 0.1) is 31.1 Å². The van der Waals surface area contributed by atoms with E-state index in [2.05, 4.69) is 20.8 Å². The number of methoxy groups -OCH3 is 2. The molecule has 8 nitrogen and oxygen atoms in total. The van der Waals surface area contributed by atoms with Gasteiger partial charge >= 0.3 is 0 Å². The Morgan fingerprint density at radius 3 is 2.53 bits per heavy atom. The number of carbonyl (C=O) groups excluding carboxylic acids is 2. The molecule has 0 spiro atoms. The summed E-state index contributed by atoms with van der Waals surface area (Å²) in [6.45, 7) is 0. The van der Waals surface area contributed by atoms with E-state index >= 15 is 0 Å². The van der Waals surface area contributed by atoms with Crippen LogP contribution in [-0.2, 0) is 0 Å². The SMILES string of the molecule is COc1cccc(C(=O)CSc2nc(NNC(=O)c3ccccc3OC)c3ccccc3n2)c1. The average Bonchev–Trinajstić information content (AvgIpc) is 2.90. The Labute approximate surface area is 200 Å². The number of carbonyl (C=O) groups is 2. The summed E-state index contributed by atoms with van der Waals surface area (Å²) in [4.78, 5) is 34.4. The Bertz CT molecular complexity index is 1350. The number of thioether (sulfide) groups is 1. The zero-order chi connectivity index (χ0) is 23.9. The monoisotopic (exact) mass is 474 g/mol. The number of para-hydroxylation sites is 2. The van der Waals surface area contributed by atoms with Crippen molar-refractivity contribution < 1.29 is 19.1 Å². The molecule has 1 aromatic heterocycles. The Morgan fingerprint density at radius 1 is 0.912 bits per heavy atom. The van der Waals surface area contributed by atoms with Crippen molar-refractivity contribution in [2.24, 2.45) is 0 Å². The molecule has 0 saturated heterocycles. The number of aromatic nitrogens is 2. The number of nitrogens with one attached hydrogen (secondary N) is 2. The first-order valence-corrected chi connectivity index (χ1v) is 11.3. The number of rotatable bonds is 9. The van der Waals surface area contributed by atoms with E-state index in [1.165, 1.54) is 18.9 Å². The minimum Gasteiger partial charge on any atom is -0.497 e. The fraction of sp³-hybridized carbons (Fsp3) is 0.120. The van der Waals surface area contributed by atoms with Gasteiger partial charge in [0.1, 0.15) is 11.5 Å². The molecule has 3 aromatic carbocycles. The van der Waals surface area contributed by atoms with Crippen molar-refractivity contribution in [2.75, 3.05) is 25.4 Å². The van der Waals surface area contributed by atoms with Gasteiger partial charge in [-0.3, -0.25) is 20.4 Å². The van der Waals surface area contributed by atoms with Gasteiger partial charge in [-0.2, -0.15) is 0 Å². The van der Waals surface area contributed by atoms with Crippen LogP contribution in [0.1, 0.15) is 20.7 Å². The second-order valence-corrected chi connectivity index (χ2v) is 8.04. The van der Waals surface area contributed by atoms with Gasteiger partial charge in [-0.05, 0) is 36.4 Å². The number of fused-ring (bicyclic) bond motifs is 1. The molecule has 0 aliphatic heterocycles. The van der Waals surface area contributed by atoms with Gasteiger partial charge in [0.25, 0.3) is 5.91 Å². The van der Waals surface area contributed by atoms with Crippen LogP contribution >= 0.6 is 11.8 Å². The first-order valence-electron chi connectivity index (χ1n) is 10.3. The van der Waals surface area contributed by atoms with Crippen molar-refractivity contribution >= 4 is 40.2 Å². The van der Waals surface area contributed by atoms with Crippen molar-refractivity contribution in [3.63, 3.8) is 0 Å². The van der Waals surface area contributed by atoms with Crippen LogP contribution in [-0.4, -0.2) is 41.6 Å². The fourth-order valence-corrected chi connectivity index (χ4v) is 3.99. The Kier molecular flexibility index (Phi) is 7.24. The molecule has 4 rings (SSSR count). The molecule has 2 N–H and O–H groups in total. The predicted octanol–water partition coefficient (Wildman–Crippen LogP) is 4.38. The van der Waals surface area contributed by atoms with Crippen LogP contribution in [0.4, 0.5) is 5.82 Å². The van der Waals surface area contributed by atoms with Crippen molar-refractivity contribution in [3.05, 3.63) is 83.9 Å². The smallest absolute Gasteiger partial charge is 0.273 e. The molecule has 34 heavy (non-hydrogen) atoms. The number of hydrazine groups is 1. The van der Waals surface area contributed by atoms with E-state index in [1.807, 2.05) is 24.3 Å². The molecule has 0 aliphatic carbocycles. The Hall–Kier alpha value is -4.11. The standard InChI is InChI=1S/C25H22N4O4S/c1-32-17-9-7-8-16(14-17)21(30)15-34-25-26-20-12-5-3-10-18(20)23(27-25)28-29-24(31)19-11-4-6-13-22(19)33-2/h3-14H,15H2,1-2H3,(H,29,31)(H,26,27,28). The van der Waals surface area contributed by atoms with Crippen molar-refractivity contribution in [3.8, 4) is 11.5 Å². The molecular formula is C25H22N4O4S. The van der Waals surface area contributed by atoms with Crippen molar-refractivity contribution in [2.45, 2.75) is 5.16 Å². The Balaban J connectivity index is 1.52. The van der Waals surface area contributed by atoms with E-state index in [1.54, 1.807) is 55.6 Å². The van der Waals surface area contributed by atoms with E-state index in [4.69, 9.17) is 9.47 Å². The van der Waals surface area contributed by atoms with Crippen LogP contribution in [0, 0.1) is 0 Å². The van der Waals surface area contributed by atoms with E-state index in [-0.39, 0.29) is 17.4 Å². The number of nitrogens with zero attached hydrogens (tertiary/aromatic N) is 2. The van der Waals surface area contributed by atoms with Gasteiger partial charge in [0.15, 0.2) is 16.8 Å². The van der Waals surface area contributed by atoms with Crippen LogP contribution < -0.4 is 20.3 Å². The lowest BCUT2D eigenvalue weighted by Crippen LogP contribution is -2.30. The summed E-state index contributed by atoms with van der Waals surface area (Å²) in [7, 11) is 3.07. The number of hydrogen-bond acceptors (Lipinski definition) is 8. The van der Waals surface area contributed by atoms with E-state index < -0.39 is 0 Å². The number of ether oxygens (including phenoxy) is 2. The summed E-state index contributed by atoms with van der Waals surface area (Å²) in [5.74, 6) is 1.21. The first kappa shape index (κ1) is 23.1. The van der Waals surface area contributed by atoms with Crippen LogP contribution in [0.15, 0.2) is 78.0 Å². The molecule has 0 saturated carbocycles. The second kappa shape index (κ2) is 10.7. The van der Waals surface area contributed by atoms with E-state index in [0.717, 1.165) is 5.39 Å². The summed E-state index contributed by atoms with van der Waals surface area (Å²) in [5.41, 5.74) is 7.17. The summed E-state index contributed by atoms with van der Waals surface area (Å²) < 4.78 is 10.4. The normalized spacial score (nSPS) is 10.5. The van der Waals surface area contributed by atoms with Crippen molar-refractivity contribution in [1.29, 1.82) is 0 Å². The minimum absolute atomic E-state index is 0.0698. The molecule has 0 bridgehead atoms. The molecule has 172 valence electrons. The number of benzene rings is 3. The van der Waals surface area contributed by atoms with Gasteiger partial charge in [-0.1, -0.05) is 48.2 Å². The number of ketones is 1. The van der Waals surface area contributed by atoms with E-state index in [0.29, 0.717) is 39.1 Å². The molecule has 0 radical (unpaired) electrons. The summed E-state index contributed by atoms with van der Waals surface area (Å²) >= 11 is 1.22. The number of hydrogen-bond donors (Lipinski definition) is 2. The molecule has 1 amide bonds. The largest absolute Gasteiger partial charge is 0.497 e. The summed E-state index contributed by atoms with van der Waals surface area (Å²) in [6, 6.07) is 21.3. The third-order valence-corrected chi connectivity index (χ3v) is 5.80. The molecule has 0 unspecified atom stereocenters. The number of Topliss-reactive ketones (excluding diaryl/α,β-unsaturated/α-hetero) is 1. The highest BCUT2D eigenvalue weighted by molar-refractivity contribution is 7.99. The lowest BCUT2D eigenvalue weighted by Gasteiger charge is -2.13. The third-order valence-electron chi connectivity index (χ3n) is 4.95. The second-order valence-electron chi connectivity index (χ2n) is 7.10. The topological polar surface area (TPSA) is 102 Å². The van der Waals surface area contributed by atoms with Crippen LogP contribution in [0.5, 0.6) is 11.5 Å². The van der Waals surface area contributed by atoms with Crippen LogP contribution in [0.25, 0.3) is 10.9 Å². The highest BCUT2D eigenvalue weighted by Crippen LogP contribution is 2.25. The Morgan fingerprint density at radius 2 is 1.71 bits per heavy atom. The van der Waals surface area contributed by atoms with Gasteiger partial charge in [-0.25, -0.2) is 9.97 Å². The molecule has 1 heterocycles. The van der Waals surface area contributed by atoms with Crippen LogP contribution in [0.2, 0.25) is 0 Å². The zero-order valence-corrected chi connectivity index (χ0v) is 19.4. The predicted molar refractivity (Wildman–Crippen MR) is 132 cm³/mol. The lowest BCUT2D eigenvalue weighted by atomic mass is 10.1. The maximum absolute atomic E-state index is 12.7. The fourth-order valence-electron chi connectivity index (χ4n) is 3.24. The highest BCUT2D eigenvalue weighted by atomic mass is 32.2. The molecule has 9 heteroatoms. The molecule has 0 fully saturated rings. The van der Waals surface area contributed by atoms with Gasteiger partial charge in [-0.15, -0.1) is 0 Å². The van der Waals surface area contributed by atoms with E-state index in [9.17, 15) is 9.59 Å². The molecular weight excluding hydrogens is 452 g/mol. The quantitative estimate of drug-likeness (QED) is 0.159. The van der Waals surface area contributed by atoms with Crippen molar-refractivity contribution in [1.82, 2.24) is 15.4 Å². The average molecular weight is 475 g/mol. The lowest BCUT2D eigenvalue weighted by molar-refractivity contribution is 0.0958. The highest BCUT2D eigenvalue weighted by Gasteiger charge is 2.14. The van der Waals surface area contributed by atoms with Gasteiger partial charge in [0.2, 0.25) is 0 Å². The zero-order valence-electron chi connectivity index (χ0n) is 18.6. The first-order chi connectivity index (χ1) is 16.6. The van der Waals surface area contributed by atoms with Crippen LogP contribution in [0.3, 0.4) is 0 Å². The maximum Gasteiger partial charge on any atom is 0.273 e. The molecule has 0 aliphatic rings. The van der Waals surface area contributed by atoms with Gasteiger partial charge in [0, 0.05) is 10.9 Å². The third kappa shape index (κ3) is 5.26. The molecule has 0 atom stereocenters. The number of amides is 1.